The zero-order valence-corrected chi connectivity index (χ0v) is 22.6. The van der Waals surface area contributed by atoms with Gasteiger partial charge in [-0.3, -0.25) is 5.32 Å². The lowest BCUT2D eigenvalue weighted by molar-refractivity contribution is 0.0763. The number of ether oxygens (including phenoxy) is 2. The molecular weight excluding hydrogens is 534 g/mol. The second-order valence-corrected chi connectivity index (χ2v) is 10.7. The van der Waals surface area contributed by atoms with Gasteiger partial charge in [-0.1, -0.05) is 23.6 Å². The van der Waals surface area contributed by atoms with E-state index in [1.165, 1.54) is 0 Å². The molecule has 0 aliphatic carbocycles. The Labute approximate surface area is 235 Å². The van der Waals surface area contributed by atoms with E-state index >= 15 is 0 Å². The normalized spacial score (nSPS) is 18.5. The molecule has 39 heavy (non-hydrogen) atoms. The first-order valence-corrected chi connectivity index (χ1v) is 14.1. The molecule has 10 heteroatoms. The third kappa shape index (κ3) is 6.09. The third-order valence-corrected chi connectivity index (χ3v) is 7.75. The number of anilines is 2. The van der Waals surface area contributed by atoms with E-state index in [0.717, 1.165) is 41.7 Å². The fourth-order valence-corrected chi connectivity index (χ4v) is 5.67. The number of pyridine rings is 2. The number of likely N-dealkylation sites (tertiary alicyclic amines) is 1. The van der Waals surface area contributed by atoms with Crippen LogP contribution >= 0.6 is 22.9 Å². The monoisotopic (exact) mass is 559 g/mol. The van der Waals surface area contributed by atoms with Crippen LogP contribution < -0.4 is 15.4 Å². The molecule has 2 fully saturated rings. The number of carbonyl (C=O) groups is 1. The highest BCUT2D eigenvalue weighted by atomic mass is 35.5. The van der Waals surface area contributed by atoms with Crippen LogP contribution in [0, 0.1) is 11.8 Å². The number of nitrogens with zero attached hydrogens (tertiary/aromatic N) is 3. The van der Waals surface area contributed by atoms with Crippen LogP contribution in [0.4, 0.5) is 16.3 Å². The van der Waals surface area contributed by atoms with Crippen molar-refractivity contribution in [3.8, 4) is 23.5 Å². The van der Waals surface area contributed by atoms with Crippen molar-refractivity contribution in [2.45, 2.75) is 31.4 Å². The minimum Gasteiger partial charge on any atom is -0.445 e. The lowest BCUT2D eigenvalue weighted by atomic mass is 10.2. The van der Waals surface area contributed by atoms with Crippen molar-refractivity contribution in [1.29, 1.82) is 0 Å². The van der Waals surface area contributed by atoms with E-state index < -0.39 is 0 Å². The first-order valence-electron chi connectivity index (χ1n) is 12.8. The number of aromatic nitrogens is 2. The molecule has 0 unspecified atom stereocenters. The molecule has 1 aromatic carbocycles. The Kier molecular flexibility index (Phi) is 7.50. The molecule has 2 aliphatic rings. The fraction of sp³-hybridized carbons (Fsp3) is 0.276. The van der Waals surface area contributed by atoms with Crippen LogP contribution in [-0.2, 0) is 4.74 Å². The third-order valence-electron chi connectivity index (χ3n) is 6.59. The molecule has 198 valence electrons. The van der Waals surface area contributed by atoms with Gasteiger partial charge < -0.3 is 19.7 Å². The Morgan fingerprint density at radius 2 is 2.08 bits per heavy atom. The molecule has 0 bridgehead atoms. The smallest absolute Gasteiger partial charge is 0.410 e. The van der Waals surface area contributed by atoms with Gasteiger partial charge in [-0.15, -0.1) is 11.3 Å². The molecule has 8 nitrogen and oxygen atoms in total. The molecule has 3 aromatic heterocycles. The first kappa shape index (κ1) is 25.4. The van der Waals surface area contributed by atoms with Gasteiger partial charge in [0.2, 0.25) is 5.88 Å². The number of nitrogens with one attached hydrogen (secondary N) is 2. The Balaban J connectivity index is 1.14. The van der Waals surface area contributed by atoms with Crippen LogP contribution in [0.2, 0.25) is 5.02 Å². The van der Waals surface area contributed by atoms with Crippen molar-refractivity contribution < 1.29 is 14.3 Å². The van der Waals surface area contributed by atoms with Crippen LogP contribution in [0.15, 0.2) is 60.1 Å². The maximum atomic E-state index is 12.3. The summed E-state index contributed by atoms with van der Waals surface area (Å²) in [6, 6.07) is 14.9. The summed E-state index contributed by atoms with van der Waals surface area (Å²) in [7, 11) is 0. The second-order valence-electron chi connectivity index (χ2n) is 9.39. The van der Waals surface area contributed by atoms with Crippen molar-refractivity contribution in [3.63, 3.8) is 0 Å². The second kappa shape index (κ2) is 11.5. The number of carbonyl (C=O) groups excluding carboxylic acids is 1. The summed E-state index contributed by atoms with van der Waals surface area (Å²) in [6.07, 6.45) is 4.02. The number of fused-ring (bicyclic) bond motifs is 1. The van der Waals surface area contributed by atoms with Crippen LogP contribution in [-0.4, -0.2) is 52.7 Å². The zero-order chi connectivity index (χ0) is 26.6. The van der Waals surface area contributed by atoms with Gasteiger partial charge in [0.15, 0.2) is 0 Å². The van der Waals surface area contributed by atoms with Crippen LogP contribution in [0.3, 0.4) is 0 Å². The molecule has 6 rings (SSSR count). The topological polar surface area (TPSA) is 88.6 Å². The molecule has 0 spiro atoms. The highest BCUT2D eigenvalue weighted by Crippen LogP contribution is 2.34. The molecule has 4 aromatic rings. The van der Waals surface area contributed by atoms with Crippen molar-refractivity contribution >= 4 is 50.6 Å². The molecule has 2 atom stereocenters. The SMILES string of the molecule is O=C(O[C@H]1CN[C@@H](C#Cc2cc3sccc3c(Nc3ccc(Oc4ccccn4)c(Cl)c3)n2)C1)N1CCCC1. The van der Waals surface area contributed by atoms with Gasteiger partial charge in [0.25, 0.3) is 0 Å². The molecule has 0 radical (unpaired) electrons. The van der Waals surface area contributed by atoms with E-state index in [0.29, 0.717) is 41.1 Å². The minimum absolute atomic E-state index is 0.0657. The van der Waals surface area contributed by atoms with Gasteiger partial charge in [0.1, 0.15) is 23.4 Å². The number of benzene rings is 1. The van der Waals surface area contributed by atoms with Crippen molar-refractivity contribution in [3.05, 3.63) is 70.8 Å². The first-order chi connectivity index (χ1) is 19.1. The Bertz CT molecular complexity index is 1550. The standard InChI is InChI=1S/C29H26ClN5O3S/c30-24-16-20(8-9-25(24)38-27-5-1-2-11-31-27)33-28-23-10-14-39-26(23)17-21(34-28)7-6-19-15-22(18-32-19)37-29(36)35-12-3-4-13-35/h1-2,5,8-11,14,16-17,19,22,32H,3-4,12-13,15,18H2,(H,33,34)/t19-,22+/m0/s1. The predicted molar refractivity (Wildman–Crippen MR) is 153 cm³/mol. The number of amides is 1. The number of hydrogen-bond acceptors (Lipinski definition) is 8. The molecule has 2 aliphatic heterocycles. The lowest BCUT2D eigenvalue weighted by Gasteiger charge is -2.18. The maximum Gasteiger partial charge on any atom is 0.410 e. The summed E-state index contributed by atoms with van der Waals surface area (Å²) < 4.78 is 12.5. The number of thiophene rings is 1. The number of hydrogen-bond donors (Lipinski definition) is 2. The predicted octanol–water partition coefficient (Wildman–Crippen LogP) is 6.20. The van der Waals surface area contributed by atoms with E-state index in [4.69, 9.17) is 26.1 Å². The van der Waals surface area contributed by atoms with E-state index in [1.807, 2.05) is 35.7 Å². The van der Waals surface area contributed by atoms with E-state index in [-0.39, 0.29) is 18.2 Å². The average Bonchev–Trinajstić information content (AvgIpc) is 3.72. The van der Waals surface area contributed by atoms with Crippen LogP contribution in [0.25, 0.3) is 10.1 Å². The molecule has 1 amide bonds. The van der Waals surface area contributed by atoms with Crippen LogP contribution in [0.5, 0.6) is 11.6 Å². The molecule has 0 saturated carbocycles. The highest BCUT2D eigenvalue weighted by Gasteiger charge is 2.28. The molecular formula is C29H26ClN5O3S. The van der Waals surface area contributed by atoms with Gasteiger partial charge in [-0.2, -0.15) is 0 Å². The number of rotatable bonds is 5. The maximum absolute atomic E-state index is 12.3. The summed E-state index contributed by atoms with van der Waals surface area (Å²) >= 11 is 8.13. The molecule has 5 heterocycles. The highest BCUT2D eigenvalue weighted by molar-refractivity contribution is 7.17. The Morgan fingerprint density at radius 1 is 1.18 bits per heavy atom. The molecule has 2 saturated heterocycles. The van der Waals surface area contributed by atoms with Gasteiger partial charge >= 0.3 is 6.09 Å². The van der Waals surface area contributed by atoms with Crippen molar-refractivity contribution in [1.82, 2.24) is 20.2 Å². The van der Waals surface area contributed by atoms with Gasteiger partial charge in [-0.05, 0) is 60.5 Å². The average molecular weight is 560 g/mol. The lowest BCUT2D eigenvalue weighted by Crippen LogP contribution is -2.32. The van der Waals surface area contributed by atoms with E-state index in [9.17, 15) is 4.79 Å². The summed E-state index contributed by atoms with van der Waals surface area (Å²) in [5, 5.41) is 10.2. The van der Waals surface area contributed by atoms with Crippen molar-refractivity contribution in [2.75, 3.05) is 25.0 Å². The van der Waals surface area contributed by atoms with Crippen LogP contribution in [0.1, 0.15) is 25.0 Å². The quantitative estimate of drug-likeness (QED) is 0.282. The van der Waals surface area contributed by atoms with Gasteiger partial charge in [0, 0.05) is 54.1 Å². The molecule has 2 N–H and O–H groups in total. The number of halogens is 1. The summed E-state index contributed by atoms with van der Waals surface area (Å²) in [4.78, 5) is 23.0. The summed E-state index contributed by atoms with van der Waals surface area (Å²) in [5.74, 6) is 8.16. The Hall–Kier alpha value is -3.84. The largest absolute Gasteiger partial charge is 0.445 e. The minimum atomic E-state index is -0.218. The van der Waals surface area contributed by atoms with Gasteiger partial charge in [0.05, 0.1) is 11.1 Å². The van der Waals surface area contributed by atoms with Gasteiger partial charge in [-0.25, -0.2) is 14.8 Å². The zero-order valence-electron chi connectivity index (χ0n) is 21.0. The summed E-state index contributed by atoms with van der Waals surface area (Å²) in [5.41, 5.74) is 1.44. The van der Waals surface area contributed by atoms with E-state index in [1.54, 1.807) is 40.6 Å². The van der Waals surface area contributed by atoms with E-state index in [2.05, 4.69) is 27.5 Å². The Morgan fingerprint density at radius 3 is 2.90 bits per heavy atom. The summed E-state index contributed by atoms with van der Waals surface area (Å²) in [6.45, 7) is 2.17. The van der Waals surface area contributed by atoms with Crippen molar-refractivity contribution in [2.24, 2.45) is 0 Å². The fourth-order valence-electron chi connectivity index (χ4n) is 4.62.